The van der Waals surface area contributed by atoms with Crippen LogP contribution >= 0.6 is 0 Å². The summed E-state index contributed by atoms with van der Waals surface area (Å²) in [5.41, 5.74) is 0.118. The highest BCUT2D eigenvalue weighted by molar-refractivity contribution is 7.91. The third-order valence-corrected chi connectivity index (χ3v) is 4.65. The third kappa shape index (κ3) is 1.80. The zero-order chi connectivity index (χ0) is 11.9. The van der Waals surface area contributed by atoms with E-state index in [1.165, 1.54) is 18.2 Å². The molecule has 0 saturated carbocycles. The van der Waals surface area contributed by atoms with Crippen molar-refractivity contribution >= 4 is 15.5 Å². The summed E-state index contributed by atoms with van der Waals surface area (Å²) in [4.78, 5) is 0.0735. The van der Waals surface area contributed by atoms with Crippen LogP contribution in [0.1, 0.15) is 13.8 Å². The number of hydrogen-bond acceptors (Lipinski definition) is 3. The van der Waals surface area contributed by atoms with Gasteiger partial charge in [0, 0.05) is 6.04 Å². The molecule has 0 amide bonds. The number of hydrogen-bond donors (Lipinski definition) is 1. The Labute approximate surface area is 94.6 Å². The molecule has 1 N–H and O–H groups in total. The monoisotopic (exact) mass is 243 g/mol. The molecule has 16 heavy (non-hydrogen) atoms. The summed E-state index contributed by atoms with van der Waals surface area (Å²) < 4.78 is 37.4. The Morgan fingerprint density at radius 1 is 1.44 bits per heavy atom. The van der Waals surface area contributed by atoms with Crippen molar-refractivity contribution in [1.29, 1.82) is 0 Å². The largest absolute Gasteiger partial charge is 0.378 e. The number of fused-ring (bicyclic) bond motifs is 1. The summed E-state index contributed by atoms with van der Waals surface area (Å²) in [6, 6.07) is 3.90. The molecule has 1 aliphatic heterocycles. The zero-order valence-corrected chi connectivity index (χ0v) is 10.0. The molecule has 0 radical (unpaired) electrons. The molecule has 0 saturated heterocycles. The van der Waals surface area contributed by atoms with Gasteiger partial charge in [-0.2, -0.15) is 0 Å². The van der Waals surface area contributed by atoms with Crippen molar-refractivity contribution in [3.8, 4) is 0 Å². The van der Waals surface area contributed by atoms with Gasteiger partial charge in [-0.25, -0.2) is 12.8 Å². The van der Waals surface area contributed by atoms with Crippen molar-refractivity contribution in [3.05, 3.63) is 24.0 Å². The maximum Gasteiger partial charge on any atom is 0.182 e. The van der Waals surface area contributed by atoms with Gasteiger partial charge in [0.25, 0.3) is 0 Å². The first kappa shape index (κ1) is 11.4. The molecule has 1 aromatic carbocycles. The highest BCUT2D eigenvalue weighted by Crippen LogP contribution is 2.32. The first-order chi connectivity index (χ1) is 7.42. The van der Waals surface area contributed by atoms with Crippen LogP contribution in [0, 0.1) is 11.7 Å². The highest BCUT2D eigenvalue weighted by atomic mass is 32.2. The molecule has 1 aromatic rings. The van der Waals surface area contributed by atoms with Gasteiger partial charge in [-0.15, -0.1) is 0 Å². The molecule has 0 fully saturated rings. The van der Waals surface area contributed by atoms with E-state index in [1.807, 2.05) is 13.8 Å². The molecule has 3 nitrogen and oxygen atoms in total. The van der Waals surface area contributed by atoms with Crippen molar-refractivity contribution in [1.82, 2.24) is 0 Å². The van der Waals surface area contributed by atoms with E-state index in [4.69, 9.17) is 0 Å². The lowest BCUT2D eigenvalue weighted by atomic mass is 10.1. The molecule has 1 atom stereocenters. The lowest BCUT2D eigenvalue weighted by Gasteiger charge is -2.29. The van der Waals surface area contributed by atoms with Crippen LogP contribution in [0.5, 0.6) is 0 Å². The van der Waals surface area contributed by atoms with Gasteiger partial charge in [-0.3, -0.25) is 0 Å². The van der Waals surface area contributed by atoms with Gasteiger partial charge >= 0.3 is 0 Å². The van der Waals surface area contributed by atoms with Gasteiger partial charge in [-0.05, 0) is 18.1 Å². The van der Waals surface area contributed by atoms with E-state index in [9.17, 15) is 12.8 Å². The number of benzene rings is 1. The maximum atomic E-state index is 13.5. The topological polar surface area (TPSA) is 46.2 Å². The molecule has 0 aliphatic carbocycles. The summed E-state index contributed by atoms with van der Waals surface area (Å²) in [6.45, 7) is 3.83. The van der Waals surface area contributed by atoms with Gasteiger partial charge < -0.3 is 5.32 Å². The van der Waals surface area contributed by atoms with Gasteiger partial charge in [0.05, 0.1) is 16.3 Å². The van der Waals surface area contributed by atoms with Crippen molar-refractivity contribution in [2.24, 2.45) is 5.92 Å². The molecule has 1 aliphatic rings. The zero-order valence-electron chi connectivity index (χ0n) is 9.20. The summed E-state index contributed by atoms with van der Waals surface area (Å²) in [5, 5.41) is 2.97. The van der Waals surface area contributed by atoms with Crippen molar-refractivity contribution in [2.45, 2.75) is 24.8 Å². The summed E-state index contributed by atoms with van der Waals surface area (Å²) >= 11 is 0. The number of nitrogens with one attached hydrogen (secondary N) is 1. The number of halogens is 1. The molecule has 0 spiro atoms. The number of sulfone groups is 1. The molecule has 88 valence electrons. The standard InChI is InChI=1S/C11H14FNO2S/c1-7(2)9-6-16(14,15)10-5-3-4-8(12)11(10)13-9/h3-5,7,9,13H,6H2,1-2H3. The fourth-order valence-electron chi connectivity index (χ4n) is 1.82. The van der Waals surface area contributed by atoms with Crippen LogP contribution in [0.3, 0.4) is 0 Å². The van der Waals surface area contributed by atoms with Crippen LogP contribution in [0.4, 0.5) is 10.1 Å². The fraction of sp³-hybridized carbons (Fsp3) is 0.455. The number of rotatable bonds is 1. The van der Waals surface area contributed by atoms with Crippen LogP contribution < -0.4 is 5.32 Å². The molecule has 1 unspecified atom stereocenters. The average molecular weight is 243 g/mol. The lowest BCUT2D eigenvalue weighted by Crippen LogP contribution is -2.38. The Kier molecular flexibility index (Phi) is 2.66. The van der Waals surface area contributed by atoms with E-state index in [1.54, 1.807) is 0 Å². The first-order valence-electron chi connectivity index (χ1n) is 5.19. The van der Waals surface area contributed by atoms with Crippen LogP contribution in [0.25, 0.3) is 0 Å². The Bertz CT molecular complexity index is 511. The minimum Gasteiger partial charge on any atom is -0.378 e. The number of anilines is 1. The van der Waals surface area contributed by atoms with E-state index in [2.05, 4.69) is 5.32 Å². The van der Waals surface area contributed by atoms with E-state index >= 15 is 0 Å². The molecule has 2 rings (SSSR count). The molecule has 1 heterocycles. The van der Waals surface area contributed by atoms with Crippen LogP contribution in [-0.4, -0.2) is 20.2 Å². The van der Waals surface area contributed by atoms with Gasteiger partial charge in [0.2, 0.25) is 0 Å². The van der Waals surface area contributed by atoms with Gasteiger partial charge in [0.1, 0.15) is 5.82 Å². The van der Waals surface area contributed by atoms with E-state index in [-0.39, 0.29) is 28.3 Å². The second kappa shape index (κ2) is 3.73. The van der Waals surface area contributed by atoms with E-state index in [0.29, 0.717) is 0 Å². The quantitative estimate of drug-likeness (QED) is 0.821. The lowest BCUT2D eigenvalue weighted by molar-refractivity contribution is 0.523. The summed E-state index contributed by atoms with van der Waals surface area (Å²) in [7, 11) is -3.36. The maximum absolute atomic E-state index is 13.5. The van der Waals surface area contributed by atoms with Crippen LogP contribution in [0.15, 0.2) is 23.1 Å². The second-order valence-electron chi connectivity index (χ2n) is 4.39. The molecular formula is C11H14FNO2S. The van der Waals surface area contributed by atoms with E-state index < -0.39 is 15.7 Å². The van der Waals surface area contributed by atoms with Crippen molar-refractivity contribution in [3.63, 3.8) is 0 Å². The number of para-hydroxylation sites is 1. The minimum absolute atomic E-state index is 0.0289. The molecule has 0 aromatic heterocycles. The smallest absolute Gasteiger partial charge is 0.182 e. The third-order valence-electron chi connectivity index (χ3n) is 2.84. The Hall–Kier alpha value is -1.10. The normalized spacial score (nSPS) is 22.6. The molecule has 5 heteroatoms. The Morgan fingerprint density at radius 2 is 2.12 bits per heavy atom. The second-order valence-corrected chi connectivity index (χ2v) is 6.39. The van der Waals surface area contributed by atoms with E-state index in [0.717, 1.165) is 0 Å². The average Bonchev–Trinajstić information content (AvgIpc) is 2.18. The Morgan fingerprint density at radius 3 is 2.75 bits per heavy atom. The predicted octanol–water partition coefficient (Wildman–Crippen LogP) is 2.05. The van der Waals surface area contributed by atoms with Gasteiger partial charge in [-0.1, -0.05) is 19.9 Å². The SMILES string of the molecule is CC(C)C1CS(=O)(=O)c2cccc(F)c2N1. The van der Waals surface area contributed by atoms with Gasteiger partial charge in [0.15, 0.2) is 9.84 Å². The first-order valence-corrected chi connectivity index (χ1v) is 6.85. The molecule has 0 bridgehead atoms. The fourth-order valence-corrected chi connectivity index (χ4v) is 3.69. The Balaban J connectivity index is 2.57. The van der Waals surface area contributed by atoms with Crippen LogP contribution in [-0.2, 0) is 9.84 Å². The van der Waals surface area contributed by atoms with Crippen molar-refractivity contribution < 1.29 is 12.8 Å². The summed E-state index contributed by atoms with van der Waals surface area (Å²) in [6.07, 6.45) is 0. The predicted molar refractivity (Wildman–Crippen MR) is 60.7 cm³/mol. The van der Waals surface area contributed by atoms with Crippen LogP contribution in [0.2, 0.25) is 0 Å². The van der Waals surface area contributed by atoms with Crippen molar-refractivity contribution in [2.75, 3.05) is 11.1 Å². The molecular weight excluding hydrogens is 229 g/mol. The highest BCUT2D eigenvalue weighted by Gasteiger charge is 2.32. The summed E-state index contributed by atoms with van der Waals surface area (Å²) in [5.74, 6) is -0.338. The minimum atomic E-state index is -3.36.